The maximum atomic E-state index is 12.7. The van der Waals surface area contributed by atoms with Crippen molar-refractivity contribution < 1.29 is 14.3 Å². The van der Waals surface area contributed by atoms with Gasteiger partial charge in [0.2, 0.25) is 5.91 Å². The summed E-state index contributed by atoms with van der Waals surface area (Å²) in [6.45, 7) is 4.06. The van der Waals surface area contributed by atoms with Crippen molar-refractivity contribution in [2.24, 2.45) is 5.92 Å². The minimum absolute atomic E-state index is 0.0299. The Morgan fingerprint density at radius 2 is 2.19 bits per heavy atom. The maximum Gasteiger partial charge on any atom is 0.228 e. The van der Waals surface area contributed by atoms with Crippen molar-refractivity contribution in [3.8, 4) is 11.3 Å². The fourth-order valence-corrected chi connectivity index (χ4v) is 3.90. The molecule has 0 N–H and O–H groups in total. The van der Waals surface area contributed by atoms with E-state index in [4.69, 9.17) is 9.47 Å². The van der Waals surface area contributed by atoms with Crippen LogP contribution in [0.25, 0.3) is 11.3 Å². The first-order valence-electron chi connectivity index (χ1n) is 9.26. The van der Waals surface area contributed by atoms with Gasteiger partial charge >= 0.3 is 0 Å². The predicted molar refractivity (Wildman–Crippen MR) is 97.6 cm³/mol. The molecule has 4 rings (SSSR count). The van der Waals surface area contributed by atoms with Crippen LogP contribution in [0.5, 0.6) is 0 Å². The van der Waals surface area contributed by atoms with E-state index in [0.29, 0.717) is 19.8 Å². The molecule has 26 heavy (non-hydrogen) atoms. The molecule has 138 valence electrons. The lowest BCUT2D eigenvalue weighted by Gasteiger charge is -2.23. The molecule has 0 aliphatic carbocycles. The molecule has 0 saturated carbocycles. The summed E-state index contributed by atoms with van der Waals surface area (Å²) in [4.78, 5) is 19.4. The van der Waals surface area contributed by atoms with E-state index in [1.165, 1.54) is 0 Å². The SMILES string of the molecule is COCc1ccccc1-c1cnc2n1CCN(C(=O)[C@@H]1CCOC1)CC2. The minimum atomic E-state index is 0.0299. The molecule has 1 saturated heterocycles. The van der Waals surface area contributed by atoms with Gasteiger partial charge in [0.1, 0.15) is 5.82 Å². The normalized spacial score (nSPS) is 20.0. The van der Waals surface area contributed by atoms with Crippen molar-refractivity contribution in [1.29, 1.82) is 0 Å². The first kappa shape index (κ1) is 17.2. The molecule has 2 aromatic rings. The van der Waals surface area contributed by atoms with Gasteiger partial charge in [-0.15, -0.1) is 0 Å². The van der Waals surface area contributed by atoms with Crippen molar-refractivity contribution in [2.75, 3.05) is 33.4 Å². The largest absolute Gasteiger partial charge is 0.381 e. The standard InChI is InChI=1S/C20H25N3O3/c1-25-13-15-4-2-3-5-17(15)18-12-21-19-6-8-22(9-10-23(18)19)20(24)16-7-11-26-14-16/h2-5,12,16H,6-11,13-14H2,1H3/t16-/m1/s1. The Kier molecular flexibility index (Phi) is 5.04. The number of carbonyl (C=O) groups is 1. The predicted octanol–water partition coefficient (Wildman–Crippen LogP) is 2.12. The Hall–Kier alpha value is -2.18. The number of benzene rings is 1. The van der Waals surface area contributed by atoms with Crippen LogP contribution >= 0.6 is 0 Å². The number of rotatable bonds is 4. The van der Waals surface area contributed by atoms with Crippen LogP contribution in [0.2, 0.25) is 0 Å². The minimum Gasteiger partial charge on any atom is -0.381 e. The van der Waals surface area contributed by atoms with Gasteiger partial charge < -0.3 is 18.9 Å². The number of methoxy groups -OCH3 is 1. The van der Waals surface area contributed by atoms with E-state index in [1.54, 1.807) is 7.11 Å². The van der Waals surface area contributed by atoms with E-state index in [-0.39, 0.29) is 11.8 Å². The van der Waals surface area contributed by atoms with Gasteiger partial charge in [-0.25, -0.2) is 4.98 Å². The topological polar surface area (TPSA) is 56.6 Å². The van der Waals surface area contributed by atoms with Gasteiger partial charge in [0.05, 0.1) is 31.0 Å². The highest BCUT2D eigenvalue weighted by atomic mass is 16.5. The molecule has 2 aliphatic heterocycles. The first-order chi connectivity index (χ1) is 12.8. The summed E-state index contributed by atoms with van der Waals surface area (Å²) in [5, 5.41) is 0. The van der Waals surface area contributed by atoms with Crippen LogP contribution in [0.15, 0.2) is 30.5 Å². The van der Waals surface area contributed by atoms with Crippen LogP contribution in [-0.2, 0) is 33.8 Å². The number of nitrogens with zero attached hydrogens (tertiary/aromatic N) is 3. The number of aromatic nitrogens is 2. The van der Waals surface area contributed by atoms with Crippen LogP contribution in [0, 0.1) is 5.92 Å². The molecule has 0 spiro atoms. The van der Waals surface area contributed by atoms with Crippen LogP contribution in [0.4, 0.5) is 0 Å². The van der Waals surface area contributed by atoms with Gasteiger partial charge in [-0.2, -0.15) is 0 Å². The molecule has 1 aromatic heterocycles. The number of ether oxygens (including phenoxy) is 2. The highest BCUT2D eigenvalue weighted by Crippen LogP contribution is 2.27. The van der Waals surface area contributed by atoms with Gasteiger partial charge in [0.15, 0.2) is 0 Å². The summed E-state index contributed by atoms with van der Waals surface area (Å²) in [7, 11) is 1.71. The molecule has 1 fully saturated rings. The van der Waals surface area contributed by atoms with Gasteiger partial charge in [0.25, 0.3) is 0 Å². The summed E-state index contributed by atoms with van der Waals surface area (Å²) in [5.41, 5.74) is 3.40. The molecule has 0 unspecified atom stereocenters. The molecule has 1 amide bonds. The third kappa shape index (κ3) is 3.27. The van der Waals surface area contributed by atoms with Crippen LogP contribution in [-0.4, -0.2) is 53.8 Å². The van der Waals surface area contributed by atoms with E-state index in [9.17, 15) is 4.79 Å². The fourth-order valence-electron chi connectivity index (χ4n) is 3.90. The Balaban J connectivity index is 1.56. The number of amides is 1. The Labute approximate surface area is 153 Å². The first-order valence-corrected chi connectivity index (χ1v) is 9.26. The van der Waals surface area contributed by atoms with E-state index < -0.39 is 0 Å². The molecule has 2 aliphatic rings. The monoisotopic (exact) mass is 355 g/mol. The zero-order valence-corrected chi connectivity index (χ0v) is 15.2. The van der Waals surface area contributed by atoms with Gasteiger partial charge in [-0.05, 0) is 12.0 Å². The molecular formula is C20H25N3O3. The Morgan fingerprint density at radius 3 is 3.00 bits per heavy atom. The molecule has 0 bridgehead atoms. The zero-order valence-electron chi connectivity index (χ0n) is 15.2. The van der Waals surface area contributed by atoms with Crippen molar-refractivity contribution >= 4 is 5.91 Å². The molecule has 6 nitrogen and oxygen atoms in total. The van der Waals surface area contributed by atoms with Gasteiger partial charge in [-0.3, -0.25) is 4.79 Å². The zero-order chi connectivity index (χ0) is 17.9. The average Bonchev–Trinajstić information content (AvgIpc) is 3.28. The Morgan fingerprint density at radius 1 is 1.31 bits per heavy atom. The Bertz CT molecular complexity index is 780. The molecule has 1 atom stereocenters. The molecule has 1 aromatic carbocycles. The van der Waals surface area contributed by atoms with Crippen LogP contribution in [0.3, 0.4) is 0 Å². The van der Waals surface area contributed by atoms with Crippen molar-refractivity contribution in [1.82, 2.24) is 14.5 Å². The fraction of sp³-hybridized carbons (Fsp3) is 0.500. The number of carbonyl (C=O) groups excluding carboxylic acids is 1. The second-order valence-corrected chi connectivity index (χ2v) is 6.94. The third-order valence-electron chi connectivity index (χ3n) is 5.32. The lowest BCUT2D eigenvalue weighted by atomic mass is 10.1. The summed E-state index contributed by atoms with van der Waals surface area (Å²) < 4.78 is 13.0. The maximum absolute atomic E-state index is 12.7. The van der Waals surface area contributed by atoms with Gasteiger partial charge in [0, 0.05) is 45.3 Å². The highest BCUT2D eigenvalue weighted by Gasteiger charge is 2.29. The van der Waals surface area contributed by atoms with Crippen molar-refractivity contribution in [3.05, 3.63) is 41.9 Å². The van der Waals surface area contributed by atoms with Crippen LogP contribution in [0.1, 0.15) is 17.8 Å². The van der Waals surface area contributed by atoms with E-state index in [2.05, 4.69) is 21.7 Å². The second kappa shape index (κ2) is 7.60. The molecule has 0 radical (unpaired) electrons. The molecule has 3 heterocycles. The number of fused-ring (bicyclic) bond motifs is 1. The third-order valence-corrected chi connectivity index (χ3v) is 5.32. The lowest BCUT2D eigenvalue weighted by molar-refractivity contribution is -0.135. The second-order valence-electron chi connectivity index (χ2n) is 6.94. The van der Waals surface area contributed by atoms with Crippen molar-refractivity contribution in [3.63, 3.8) is 0 Å². The lowest BCUT2D eigenvalue weighted by Crippen LogP contribution is -2.38. The van der Waals surface area contributed by atoms with Crippen LogP contribution < -0.4 is 0 Å². The van der Waals surface area contributed by atoms with E-state index in [0.717, 1.165) is 55.1 Å². The highest BCUT2D eigenvalue weighted by molar-refractivity contribution is 5.79. The number of imidazole rings is 1. The van der Waals surface area contributed by atoms with Crippen molar-refractivity contribution in [2.45, 2.75) is 26.0 Å². The van der Waals surface area contributed by atoms with Gasteiger partial charge in [-0.1, -0.05) is 24.3 Å². The average molecular weight is 355 g/mol. The van der Waals surface area contributed by atoms with E-state index >= 15 is 0 Å². The summed E-state index contributed by atoms with van der Waals surface area (Å²) in [5.74, 6) is 1.31. The smallest absolute Gasteiger partial charge is 0.228 e. The number of hydrogen-bond donors (Lipinski definition) is 0. The quantitative estimate of drug-likeness (QED) is 0.843. The summed E-state index contributed by atoms with van der Waals surface area (Å²) in [6.07, 6.45) is 3.58. The summed E-state index contributed by atoms with van der Waals surface area (Å²) >= 11 is 0. The summed E-state index contributed by atoms with van der Waals surface area (Å²) in [6, 6.07) is 8.27. The van der Waals surface area contributed by atoms with E-state index in [1.807, 2.05) is 23.2 Å². The molecular weight excluding hydrogens is 330 g/mol. The molecule has 6 heteroatoms. The number of hydrogen-bond acceptors (Lipinski definition) is 4.